The predicted molar refractivity (Wildman–Crippen MR) is 62.9 cm³/mol. The number of carbonyl (C=O) groups is 2. The van der Waals surface area contributed by atoms with Gasteiger partial charge in [0.2, 0.25) is 0 Å². The Kier molecular flexibility index (Phi) is 5.11. The highest BCUT2D eigenvalue weighted by Crippen LogP contribution is 2.09. The van der Waals surface area contributed by atoms with Gasteiger partial charge in [-0.2, -0.15) is 0 Å². The fourth-order valence-corrected chi connectivity index (χ4v) is 1.74. The first-order valence-corrected chi connectivity index (χ1v) is 5.73. The Morgan fingerprint density at radius 1 is 1.65 bits per heavy atom. The third-order valence-corrected chi connectivity index (χ3v) is 2.75. The van der Waals surface area contributed by atoms with E-state index in [4.69, 9.17) is 10.8 Å². The molecule has 0 aliphatic carbocycles. The molecule has 1 amide bonds. The molecule has 0 spiro atoms. The second kappa shape index (κ2) is 6.36. The molecule has 0 unspecified atom stereocenters. The topological polar surface area (TPSA) is 95.7 Å². The zero-order valence-corrected chi connectivity index (χ0v) is 9.76. The Labute approximate surface area is 100 Å². The second-order valence-electron chi connectivity index (χ2n) is 4.12. The fraction of sp³-hybridized carbons (Fsp3) is 0.636. The second-order valence-corrected chi connectivity index (χ2v) is 4.12. The van der Waals surface area contributed by atoms with Crippen molar-refractivity contribution in [2.75, 3.05) is 6.54 Å². The van der Waals surface area contributed by atoms with E-state index < -0.39 is 18.1 Å². The maximum Gasteiger partial charge on any atom is 0.322 e. The molecule has 17 heavy (non-hydrogen) atoms. The summed E-state index contributed by atoms with van der Waals surface area (Å²) < 4.78 is 0. The highest BCUT2D eigenvalue weighted by molar-refractivity contribution is 5.82. The summed E-state index contributed by atoms with van der Waals surface area (Å²) >= 11 is 0. The summed E-state index contributed by atoms with van der Waals surface area (Å²) in [5, 5.41) is 10.2. The van der Waals surface area contributed by atoms with Crippen molar-refractivity contribution in [3.63, 3.8) is 0 Å². The lowest BCUT2D eigenvalue weighted by atomic mass is 10.1. The maximum atomic E-state index is 11.9. The Hall–Kier alpha value is -1.40. The largest absolute Gasteiger partial charge is 0.480 e. The molecule has 1 heterocycles. The zero-order valence-electron chi connectivity index (χ0n) is 9.76. The van der Waals surface area contributed by atoms with Crippen LogP contribution in [0.3, 0.4) is 0 Å². The van der Waals surface area contributed by atoms with Crippen molar-refractivity contribution in [2.24, 2.45) is 5.73 Å². The molecule has 0 saturated carbocycles. The van der Waals surface area contributed by atoms with Crippen LogP contribution in [0.2, 0.25) is 0 Å². The van der Waals surface area contributed by atoms with Crippen molar-refractivity contribution >= 4 is 11.9 Å². The first-order valence-electron chi connectivity index (χ1n) is 5.73. The number of nitrogens with one attached hydrogen (secondary N) is 1. The van der Waals surface area contributed by atoms with Crippen LogP contribution in [0.4, 0.5) is 0 Å². The highest BCUT2D eigenvalue weighted by Gasteiger charge is 2.29. The number of nitrogens with two attached hydrogens (primary N) is 1. The molecular weight excluding hydrogens is 222 g/mol. The molecule has 6 heteroatoms. The highest BCUT2D eigenvalue weighted by atomic mass is 16.4. The molecule has 4 N–H and O–H groups in total. The van der Waals surface area contributed by atoms with Gasteiger partial charge in [-0.25, -0.2) is 5.43 Å². The number of nitrogens with zero attached hydrogens (tertiary/aromatic N) is 1. The van der Waals surface area contributed by atoms with E-state index in [1.807, 2.05) is 0 Å². The van der Waals surface area contributed by atoms with Crippen molar-refractivity contribution in [1.82, 2.24) is 10.4 Å². The quantitative estimate of drug-likeness (QED) is 0.582. The van der Waals surface area contributed by atoms with Crippen LogP contribution in [0.1, 0.15) is 25.7 Å². The van der Waals surface area contributed by atoms with Crippen LogP contribution in [0, 0.1) is 0 Å². The van der Waals surface area contributed by atoms with Gasteiger partial charge >= 0.3 is 5.97 Å². The first-order chi connectivity index (χ1) is 8.06. The van der Waals surface area contributed by atoms with Crippen LogP contribution in [-0.4, -0.2) is 40.6 Å². The number of allylic oxidation sites excluding steroid dienone is 1. The molecule has 0 bridgehead atoms. The lowest BCUT2D eigenvalue weighted by Gasteiger charge is -2.33. The van der Waals surface area contributed by atoms with Gasteiger partial charge in [-0.3, -0.25) is 14.6 Å². The van der Waals surface area contributed by atoms with Crippen LogP contribution in [0.25, 0.3) is 0 Å². The molecule has 1 fully saturated rings. The van der Waals surface area contributed by atoms with E-state index in [2.05, 4.69) is 12.0 Å². The van der Waals surface area contributed by atoms with Crippen molar-refractivity contribution in [1.29, 1.82) is 0 Å². The summed E-state index contributed by atoms with van der Waals surface area (Å²) in [6.07, 6.45) is 4.10. The molecule has 0 aromatic rings. The summed E-state index contributed by atoms with van der Waals surface area (Å²) in [7, 11) is 0. The van der Waals surface area contributed by atoms with Gasteiger partial charge in [-0.1, -0.05) is 6.08 Å². The molecule has 1 aliphatic rings. The van der Waals surface area contributed by atoms with Crippen LogP contribution in [0.15, 0.2) is 12.7 Å². The number of carboxylic acids is 1. The average molecular weight is 241 g/mol. The van der Waals surface area contributed by atoms with Gasteiger partial charge in [0.05, 0.1) is 6.04 Å². The molecule has 1 rings (SSSR count). The molecule has 2 atom stereocenters. The van der Waals surface area contributed by atoms with Crippen LogP contribution in [-0.2, 0) is 9.59 Å². The minimum absolute atomic E-state index is 0.252. The van der Waals surface area contributed by atoms with Gasteiger partial charge in [-0.15, -0.1) is 6.58 Å². The monoisotopic (exact) mass is 241 g/mol. The van der Waals surface area contributed by atoms with Gasteiger partial charge in [0.1, 0.15) is 6.04 Å². The third kappa shape index (κ3) is 3.83. The van der Waals surface area contributed by atoms with Crippen LogP contribution in [0.5, 0.6) is 0 Å². The number of aliphatic carboxylic acids is 1. The molecule has 6 nitrogen and oxygen atoms in total. The maximum absolute atomic E-state index is 11.9. The minimum atomic E-state index is -0.942. The number of carboxylic acid groups (broad SMARTS) is 1. The lowest BCUT2D eigenvalue weighted by Crippen LogP contribution is -2.58. The third-order valence-electron chi connectivity index (χ3n) is 2.75. The first kappa shape index (κ1) is 13.7. The summed E-state index contributed by atoms with van der Waals surface area (Å²) in [4.78, 5) is 22.7. The van der Waals surface area contributed by atoms with E-state index in [1.54, 1.807) is 6.08 Å². The molecule has 96 valence electrons. The predicted octanol–water partition coefficient (Wildman–Crippen LogP) is -0.140. The SMILES string of the molecule is C=CCC[C@H](N)C(=O)N1CCC[C@@H](C(=O)O)N1. The van der Waals surface area contributed by atoms with Crippen molar-refractivity contribution < 1.29 is 14.7 Å². The molecule has 1 saturated heterocycles. The summed E-state index contributed by atoms with van der Waals surface area (Å²) in [6.45, 7) is 4.07. The smallest absolute Gasteiger partial charge is 0.322 e. The van der Waals surface area contributed by atoms with E-state index in [0.717, 1.165) is 0 Å². The number of carbonyl (C=O) groups excluding carboxylic acids is 1. The summed E-state index contributed by atoms with van der Waals surface area (Å²) in [5.41, 5.74) is 8.42. The number of hydrogen-bond acceptors (Lipinski definition) is 4. The van der Waals surface area contributed by atoms with E-state index in [9.17, 15) is 9.59 Å². The molecule has 0 aromatic heterocycles. The number of amides is 1. The van der Waals surface area contributed by atoms with E-state index >= 15 is 0 Å². The Balaban J connectivity index is 2.50. The van der Waals surface area contributed by atoms with Crippen LogP contribution < -0.4 is 11.2 Å². The Bertz CT molecular complexity index is 306. The van der Waals surface area contributed by atoms with Gasteiger partial charge in [0.15, 0.2) is 0 Å². The Morgan fingerprint density at radius 3 is 2.94 bits per heavy atom. The normalized spacial score (nSPS) is 21.9. The lowest BCUT2D eigenvalue weighted by molar-refractivity contribution is -0.147. The van der Waals surface area contributed by atoms with E-state index in [1.165, 1.54) is 5.01 Å². The number of rotatable bonds is 5. The van der Waals surface area contributed by atoms with Crippen molar-refractivity contribution in [2.45, 2.75) is 37.8 Å². The summed E-state index contributed by atoms with van der Waals surface area (Å²) in [5.74, 6) is -1.19. The fourth-order valence-electron chi connectivity index (χ4n) is 1.74. The average Bonchev–Trinajstić information content (AvgIpc) is 2.35. The van der Waals surface area contributed by atoms with E-state index in [-0.39, 0.29) is 5.91 Å². The number of hydrogen-bond donors (Lipinski definition) is 3. The van der Waals surface area contributed by atoms with Gasteiger partial charge in [-0.05, 0) is 25.7 Å². The molecular formula is C11H19N3O3. The van der Waals surface area contributed by atoms with E-state index in [0.29, 0.717) is 32.2 Å². The van der Waals surface area contributed by atoms with Gasteiger partial charge in [0.25, 0.3) is 5.91 Å². The molecule has 0 radical (unpaired) electrons. The Morgan fingerprint density at radius 2 is 2.35 bits per heavy atom. The zero-order chi connectivity index (χ0) is 12.8. The molecule has 1 aliphatic heterocycles. The van der Waals surface area contributed by atoms with Gasteiger partial charge < -0.3 is 10.8 Å². The van der Waals surface area contributed by atoms with Crippen LogP contribution >= 0.6 is 0 Å². The standard InChI is InChI=1S/C11H19N3O3/c1-2-3-5-8(12)10(15)14-7-4-6-9(13-14)11(16)17/h2,8-9,13H,1,3-7,12H2,(H,16,17)/t8-,9-/m0/s1. The summed E-state index contributed by atoms with van der Waals surface area (Å²) in [6, 6.07) is -1.30. The van der Waals surface area contributed by atoms with Gasteiger partial charge in [0, 0.05) is 6.54 Å². The minimum Gasteiger partial charge on any atom is -0.480 e. The van der Waals surface area contributed by atoms with Crippen molar-refractivity contribution in [3.05, 3.63) is 12.7 Å². The molecule has 0 aromatic carbocycles. The van der Waals surface area contributed by atoms with Crippen molar-refractivity contribution in [3.8, 4) is 0 Å². The number of hydrazine groups is 1.